The Morgan fingerprint density at radius 1 is 1.12 bits per heavy atom. The van der Waals surface area contributed by atoms with Crippen molar-refractivity contribution in [1.82, 2.24) is 14.9 Å². The van der Waals surface area contributed by atoms with Gasteiger partial charge >= 0.3 is 6.18 Å². The fraction of sp³-hybridized carbons (Fsp3) is 0.300. The van der Waals surface area contributed by atoms with Crippen LogP contribution in [-0.4, -0.2) is 47.0 Å². The van der Waals surface area contributed by atoms with E-state index in [-0.39, 0.29) is 18.5 Å². The number of aryl methyl sites for hydroxylation is 1. The van der Waals surface area contributed by atoms with E-state index in [1.54, 1.807) is 37.6 Å². The smallest absolute Gasteiger partial charge is 0.390 e. The Bertz CT molecular complexity index is 1590. The Morgan fingerprint density at radius 3 is 2.62 bits per heavy atom. The highest BCUT2D eigenvalue weighted by molar-refractivity contribution is 5.99. The molecule has 1 aliphatic carbocycles. The van der Waals surface area contributed by atoms with Crippen LogP contribution in [-0.2, 0) is 0 Å². The van der Waals surface area contributed by atoms with Crippen molar-refractivity contribution in [3.8, 4) is 17.2 Å². The molecule has 0 spiro atoms. The van der Waals surface area contributed by atoms with Gasteiger partial charge in [-0.05, 0) is 68.1 Å². The molecule has 2 N–H and O–H groups in total. The van der Waals surface area contributed by atoms with Gasteiger partial charge < -0.3 is 15.4 Å². The summed E-state index contributed by atoms with van der Waals surface area (Å²) in [5.41, 5.74) is 5.49. The van der Waals surface area contributed by atoms with Crippen molar-refractivity contribution in [3.63, 3.8) is 0 Å². The number of aromatic nitrogens is 2. The predicted molar refractivity (Wildman–Crippen MR) is 150 cm³/mol. The zero-order valence-corrected chi connectivity index (χ0v) is 22.5. The van der Waals surface area contributed by atoms with Gasteiger partial charge in [-0.15, -0.1) is 0 Å². The summed E-state index contributed by atoms with van der Waals surface area (Å²) in [7, 11) is 1.71. The first-order valence-electron chi connectivity index (χ1n) is 13.1. The number of imidazole rings is 1. The normalized spacial score (nSPS) is 13.9. The molecule has 0 aliphatic heterocycles. The molecule has 10 heteroatoms. The number of rotatable bonds is 9. The average molecular weight is 550 g/mol. The monoisotopic (exact) mass is 549 g/mol. The van der Waals surface area contributed by atoms with Gasteiger partial charge in [0.15, 0.2) is 0 Å². The lowest BCUT2D eigenvalue weighted by Crippen LogP contribution is -2.26. The molecule has 0 atom stereocenters. The third-order valence-electron chi connectivity index (χ3n) is 6.82. The van der Waals surface area contributed by atoms with Crippen LogP contribution in [0.4, 0.5) is 18.9 Å². The molecule has 5 rings (SSSR count). The number of benzene rings is 3. The maximum Gasteiger partial charge on any atom is 0.390 e. The Hall–Kier alpha value is -4.34. The Kier molecular flexibility index (Phi) is 7.51. The first kappa shape index (κ1) is 27.2. The lowest BCUT2D eigenvalue weighted by atomic mass is 10.1. The summed E-state index contributed by atoms with van der Waals surface area (Å²) in [5.74, 6) is 0.901. The van der Waals surface area contributed by atoms with Gasteiger partial charge in [-0.2, -0.15) is 13.2 Å². The summed E-state index contributed by atoms with van der Waals surface area (Å²) < 4.78 is 46.6. The largest absolute Gasteiger partial charge is 0.457 e. The van der Waals surface area contributed by atoms with Crippen LogP contribution in [0.5, 0.6) is 11.5 Å². The summed E-state index contributed by atoms with van der Waals surface area (Å²) in [5, 5.41) is 5.89. The molecule has 4 aromatic rings. The number of halogens is 3. The number of aliphatic imine (C=N–C) groups is 1. The van der Waals surface area contributed by atoms with Crippen LogP contribution in [0, 0.1) is 6.92 Å². The second-order valence-corrected chi connectivity index (χ2v) is 9.93. The van der Waals surface area contributed by atoms with Crippen molar-refractivity contribution in [2.24, 2.45) is 4.99 Å². The van der Waals surface area contributed by atoms with E-state index in [1.807, 2.05) is 48.7 Å². The van der Waals surface area contributed by atoms with E-state index in [2.05, 4.69) is 20.6 Å². The number of ether oxygens (including phenoxy) is 1. The average Bonchev–Trinajstić information content (AvgIpc) is 3.62. The molecule has 1 saturated carbocycles. The number of hydrogen-bond acceptors (Lipinski definition) is 5. The third kappa shape index (κ3) is 6.27. The SMILES string of the molecule is CN=C(C)c1cccc(Oc2cc(NCCC(F)(F)F)c3ncn(-c4ccc(C(=O)NC5CC5)c(C)c4)c3c2)c1. The Morgan fingerprint density at radius 2 is 1.93 bits per heavy atom. The Balaban J connectivity index is 1.51. The summed E-state index contributed by atoms with van der Waals surface area (Å²) in [6, 6.07) is 16.6. The number of alkyl halides is 3. The van der Waals surface area contributed by atoms with E-state index in [0.717, 1.165) is 35.4 Å². The van der Waals surface area contributed by atoms with E-state index < -0.39 is 12.6 Å². The zero-order chi connectivity index (χ0) is 28.4. The van der Waals surface area contributed by atoms with Gasteiger partial charge in [0.05, 0.1) is 17.6 Å². The lowest BCUT2D eigenvalue weighted by Gasteiger charge is -2.14. The van der Waals surface area contributed by atoms with E-state index in [0.29, 0.717) is 33.8 Å². The van der Waals surface area contributed by atoms with Gasteiger partial charge in [-0.25, -0.2) is 4.98 Å². The highest BCUT2D eigenvalue weighted by atomic mass is 19.4. The first-order chi connectivity index (χ1) is 19.1. The van der Waals surface area contributed by atoms with Gasteiger partial charge in [0.25, 0.3) is 5.91 Å². The molecular formula is C30H30F3N5O2. The third-order valence-corrected chi connectivity index (χ3v) is 6.82. The quantitative estimate of drug-likeness (QED) is 0.225. The van der Waals surface area contributed by atoms with Gasteiger partial charge in [0.1, 0.15) is 23.3 Å². The summed E-state index contributed by atoms with van der Waals surface area (Å²) in [6.45, 7) is 3.47. The number of hydrogen-bond donors (Lipinski definition) is 2. The van der Waals surface area contributed by atoms with Crippen LogP contribution in [0.2, 0.25) is 0 Å². The minimum atomic E-state index is -4.29. The fourth-order valence-electron chi connectivity index (χ4n) is 4.42. The van der Waals surface area contributed by atoms with Crippen LogP contribution in [0.15, 0.2) is 65.9 Å². The standard InChI is InChI=1S/C30H30F3N5O2/c1-18-13-22(9-10-25(18)29(39)37-21-7-8-21)38-17-36-28-26(35-12-11-30(31,32)33)15-24(16-27(28)38)40-23-6-4-5-20(14-23)19(2)34-3/h4-6,9-10,13-17,21,35H,7-8,11-12H2,1-3H3,(H,37,39). The molecule has 40 heavy (non-hydrogen) atoms. The Labute approximate surface area is 230 Å². The molecule has 208 valence electrons. The molecular weight excluding hydrogens is 519 g/mol. The van der Waals surface area contributed by atoms with Crippen LogP contribution in [0.3, 0.4) is 0 Å². The highest BCUT2D eigenvalue weighted by Gasteiger charge is 2.27. The van der Waals surface area contributed by atoms with Gasteiger partial charge in [-0.3, -0.25) is 14.4 Å². The fourth-order valence-corrected chi connectivity index (χ4v) is 4.42. The van der Waals surface area contributed by atoms with Crippen LogP contribution >= 0.6 is 0 Å². The summed E-state index contributed by atoms with van der Waals surface area (Å²) in [4.78, 5) is 21.3. The minimum Gasteiger partial charge on any atom is -0.457 e. The number of nitrogens with zero attached hydrogens (tertiary/aromatic N) is 3. The van der Waals surface area contributed by atoms with Crippen molar-refractivity contribution in [2.45, 2.75) is 45.3 Å². The summed E-state index contributed by atoms with van der Waals surface area (Å²) in [6.07, 6.45) is -1.65. The first-order valence-corrected chi connectivity index (χ1v) is 13.1. The van der Waals surface area contributed by atoms with Crippen molar-refractivity contribution < 1.29 is 22.7 Å². The molecule has 1 heterocycles. The predicted octanol–water partition coefficient (Wildman–Crippen LogP) is 6.82. The van der Waals surface area contributed by atoms with Crippen LogP contribution in [0.25, 0.3) is 16.7 Å². The minimum absolute atomic E-state index is 0.0977. The lowest BCUT2D eigenvalue weighted by molar-refractivity contribution is -0.131. The van der Waals surface area contributed by atoms with Crippen molar-refractivity contribution in [2.75, 3.05) is 18.9 Å². The van der Waals surface area contributed by atoms with Crippen LogP contribution < -0.4 is 15.4 Å². The van der Waals surface area contributed by atoms with E-state index in [1.165, 1.54) is 0 Å². The van der Waals surface area contributed by atoms with Crippen LogP contribution in [0.1, 0.15) is 47.7 Å². The number of anilines is 1. The molecule has 3 aromatic carbocycles. The number of nitrogens with one attached hydrogen (secondary N) is 2. The maximum absolute atomic E-state index is 12.9. The molecule has 1 fully saturated rings. The molecule has 1 aromatic heterocycles. The zero-order valence-electron chi connectivity index (χ0n) is 22.5. The van der Waals surface area contributed by atoms with E-state index >= 15 is 0 Å². The highest BCUT2D eigenvalue weighted by Crippen LogP contribution is 2.34. The number of amides is 1. The van der Waals surface area contributed by atoms with Crippen molar-refractivity contribution in [1.29, 1.82) is 0 Å². The number of fused-ring (bicyclic) bond motifs is 1. The molecule has 7 nitrogen and oxygen atoms in total. The maximum atomic E-state index is 12.9. The molecule has 0 unspecified atom stereocenters. The van der Waals surface area contributed by atoms with E-state index in [9.17, 15) is 18.0 Å². The van der Waals surface area contributed by atoms with Crippen molar-refractivity contribution in [3.05, 3.63) is 77.6 Å². The molecule has 0 bridgehead atoms. The van der Waals surface area contributed by atoms with E-state index in [4.69, 9.17) is 4.74 Å². The molecule has 0 saturated heterocycles. The molecule has 1 amide bonds. The van der Waals surface area contributed by atoms with Gasteiger partial charge in [0, 0.05) is 48.7 Å². The van der Waals surface area contributed by atoms with Crippen molar-refractivity contribution >= 4 is 28.3 Å². The molecule has 1 aliphatic rings. The molecule has 0 radical (unpaired) electrons. The summed E-state index contributed by atoms with van der Waals surface area (Å²) >= 11 is 0. The number of carbonyl (C=O) groups is 1. The number of carbonyl (C=O) groups excluding carboxylic acids is 1. The van der Waals surface area contributed by atoms with Gasteiger partial charge in [-0.1, -0.05) is 12.1 Å². The second kappa shape index (κ2) is 11.0. The van der Waals surface area contributed by atoms with Gasteiger partial charge in [0.2, 0.25) is 0 Å². The second-order valence-electron chi connectivity index (χ2n) is 9.93. The topological polar surface area (TPSA) is 80.5 Å².